The van der Waals surface area contributed by atoms with Crippen LogP contribution in [0.1, 0.15) is 17.2 Å². The third-order valence-corrected chi connectivity index (χ3v) is 4.25. The van der Waals surface area contributed by atoms with Crippen molar-refractivity contribution in [2.45, 2.75) is 12.5 Å². The average molecular weight is 377 g/mol. The van der Waals surface area contributed by atoms with E-state index in [9.17, 15) is 0 Å². The lowest BCUT2D eigenvalue weighted by molar-refractivity contribution is 0.596. The lowest BCUT2D eigenvalue weighted by atomic mass is 10.0. The van der Waals surface area contributed by atoms with E-state index in [0.29, 0.717) is 0 Å². The van der Waals surface area contributed by atoms with Crippen molar-refractivity contribution in [3.63, 3.8) is 0 Å². The highest BCUT2D eigenvalue weighted by molar-refractivity contribution is 14.1. The van der Waals surface area contributed by atoms with Gasteiger partial charge in [-0.15, -0.1) is 0 Å². The summed E-state index contributed by atoms with van der Waals surface area (Å²) in [5.41, 5.74) is 3.74. The van der Waals surface area contributed by atoms with Crippen molar-refractivity contribution in [3.8, 4) is 0 Å². The summed E-state index contributed by atoms with van der Waals surface area (Å²) in [7, 11) is 2.00. The number of rotatable bonds is 4. The van der Waals surface area contributed by atoms with E-state index in [-0.39, 0.29) is 6.04 Å². The average Bonchev–Trinajstić information content (AvgIpc) is 2.91. The lowest BCUT2D eigenvalue weighted by Gasteiger charge is -2.15. The zero-order valence-electron chi connectivity index (χ0n) is 11.3. The summed E-state index contributed by atoms with van der Waals surface area (Å²) in [6, 6.07) is 15.1. The van der Waals surface area contributed by atoms with E-state index in [2.05, 4.69) is 69.4 Å². The summed E-state index contributed by atoms with van der Waals surface area (Å²) in [5, 5.41) is 7.82. The third-order valence-electron chi connectivity index (χ3n) is 3.53. The Hall–Kier alpha value is -1.40. The van der Waals surface area contributed by atoms with Crippen molar-refractivity contribution in [2.24, 2.45) is 0 Å². The molecule has 1 unspecified atom stereocenters. The van der Waals surface area contributed by atoms with E-state index in [4.69, 9.17) is 0 Å². The second-order valence-electron chi connectivity index (χ2n) is 4.80. The van der Waals surface area contributed by atoms with Crippen LogP contribution >= 0.6 is 22.6 Å². The monoisotopic (exact) mass is 377 g/mol. The summed E-state index contributed by atoms with van der Waals surface area (Å²) in [4.78, 5) is 0. The van der Waals surface area contributed by atoms with Crippen LogP contribution in [0.3, 0.4) is 0 Å². The van der Waals surface area contributed by atoms with E-state index in [1.165, 1.54) is 14.7 Å². The van der Waals surface area contributed by atoms with Crippen molar-refractivity contribution >= 4 is 28.1 Å². The Morgan fingerprint density at radius 3 is 2.75 bits per heavy atom. The van der Waals surface area contributed by atoms with Crippen LogP contribution in [0.5, 0.6) is 0 Å². The predicted octanol–water partition coefficient (Wildman–Crippen LogP) is 3.44. The zero-order chi connectivity index (χ0) is 13.9. The number of fused-ring (bicyclic) bond motifs is 1. The smallest absolute Gasteiger partial charge is 0.0709 e. The number of hydrogen-bond acceptors (Lipinski definition) is 2. The van der Waals surface area contributed by atoms with Crippen LogP contribution in [0.25, 0.3) is 5.52 Å². The molecule has 0 radical (unpaired) electrons. The highest BCUT2D eigenvalue weighted by Gasteiger charge is 2.15. The normalized spacial score (nSPS) is 12.7. The summed E-state index contributed by atoms with van der Waals surface area (Å²) < 4.78 is 3.19. The largest absolute Gasteiger partial charge is 0.313 e. The van der Waals surface area contributed by atoms with Gasteiger partial charge in [-0.1, -0.05) is 18.2 Å². The first-order chi connectivity index (χ1) is 9.78. The maximum Gasteiger partial charge on any atom is 0.0709 e. The summed E-state index contributed by atoms with van der Waals surface area (Å²) in [5.74, 6) is 0. The van der Waals surface area contributed by atoms with Gasteiger partial charge in [0.2, 0.25) is 0 Å². The molecule has 0 aliphatic rings. The molecule has 102 valence electrons. The molecule has 2 aromatic heterocycles. The fourth-order valence-electron chi connectivity index (χ4n) is 2.45. The molecule has 0 fully saturated rings. The molecule has 3 nitrogen and oxygen atoms in total. The van der Waals surface area contributed by atoms with Gasteiger partial charge in [-0.2, -0.15) is 5.10 Å². The van der Waals surface area contributed by atoms with Gasteiger partial charge in [0, 0.05) is 21.4 Å². The van der Waals surface area contributed by atoms with Crippen molar-refractivity contribution in [2.75, 3.05) is 7.05 Å². The Labute approximate surface area is 132 Å². The van der Waals surface area contributed by atoms with Crippen LogP contribution in [-0.4, -0.2) is 16.7 Å². The quantitative estimate of drug-likeness (QED) is 0.706. The highest BCUT2D eigenvalue weighted by atomic mass is 127. The molecule has 0 aliphatic carbocycles. The maximum atomic E-state index is 4.42. The molecular formula is C16H16IN3. The SMILES string of the molecule is CNC(Cc1ccc(I)cc1)c1cnn2ccccc12. The molecule has 1 aromatic carbocycles. The van der Waals surface area contributed by atoms with E-state index in [1.807, 2.05) is 30.0 Å². The van der Waals surface area contributed by atoms with Crippen LogP contribution < -0.4 is 5.32 Å². The van der Waals surface area contributed by atoms with Gasteiger partial charge in [-0.05, 0) is 65.9 Å². The van der Waals surface area contributed by atoms with Crippen LogP contribution in [0.4, 0.5) is 0 Å². The topological polar surface area (TPSA) is 29.3 Å². The van der Waals surface area contributed by atoms with Crippen molar-refractivity contribution in [1.29, 1.82) is 0 Å². The van der Waals surface area contributed by atoms with Crippen molar-refractivity contribution in [3.05, 3.63) is 69.6 Å². The minimum absolute atomic E-state index is 0.273. The molecule has 3 rings (SSSR count). The van der Waals surface area contributed by atoms with Crippen molar-refractivity contribution < 1.29 is 0 Å². The number of benzene rings is 1. The molecule has 2 heterocycles. The zero-order valence-corrected chi connectivity index (χ0v) is 13.4. The number of likely N-dealkylation sites (N-methyl/N-ethyl adjacent to an activating group) is 1. The fraction of sp³-hybridized carbons (Fsp3) is 0.188. The molecule has 0 spiro atoms. The summed E-state index contributed by atoms with van der Waals surface area (Å²) >= 11 is 2.33. The minimum Gasteiger partial charge on any atom is -0.313 e. The predicted molar refractivity (Wildman–Crippen MR) is 89.9 cm³/mol. The minimum atomic E-state index is 0.273. The molecule has 0 aliphatic heterocycles. The Balaban J connectivity index is 1.91. The Bertz CT molecular complexity index is 703. The third kappa shape index (κ3) is 2.71. The fourth-order valence-corrected chi connectivity index (χ4v) is 2.81. The van der Waals surface area contributed by atoms with Gasteiger partial charge in [0.1, 0.15) is 0 Å². The van der Waals surface area contributed by atoms with E-state index < -0.39 is 0 Å². The first-order valence-corrected chi connectivity index (χ1v) is 7.70. The van der Waals surface area contributed by atoms with Crippen LogP contribution in [0, 0.1) is 3.57 Å². The molecule has 0 saturated carbocycles. The molecule has 20 heavy (non-hydrogen) atoms. The number of nitrogens with one attached hydrogen (secondary N) is 1. The molecular weight excluding hydrogens is 361 g/mol. The van der Waals surface area contributed by atoms with E-state index in [1.54, 1.807) is 0 Å². The molecule has 0 bridgehead atoms. The molecule has 0 saturated heterocycles. The summed E-state index contributed by atoms with van der Waals surface area (Å²) in [6.45, 7) is 0. The molecule has 0 amide bonds. The van der Waals surface area contributed by atoms with Gasteiger partial charge < -0.3 is 5.32 Å². The first kappa shape index (κ1) is 13.6. The second kappa shape index (κ2) is 5.93. The number of halogens is 1. The number of pyridine rings is 1. The van der Waals surface area contributed by atoms with Gasteiger partial charge in [-0.3, -0.25) is 0 Å². The van der Waals surface area contributed by atoms with Gasteiger partial charge in [-0.25, -0.2) is 4.52 Å². The van der Waals surface area contributed by atoms with Crippen LogP contribution in [0.15, 0.2) is 54.9 Å². The standard InChI is InChI=1S/C16H16IN3/c1-18-15(10-12-5-7-13(17)8-6-12)14-11-19-20-9-3-2-4-16(14)20/h2-9,11,15,18H,10H2,1H3. The van der Waals surface area contributed by atoms with Crippen molar-refractivity contribution in [1.82, 2.24) is 14.9 Å². The molecule has 3 aromatic rings. The first-order valence-electron chi connectivity index (χ1n) is 6.62. The Morgan fingerprint density at radius 2 is 2.00 bits per heavy atom. The number of aromatic nitrogens is 2. The highest BCUT2D eigenvalue weighted by Crippen LogP contribution is 2.22. The maximum absolute atomic E-state index is 4.42. The van der Waals surface area contributed by atoms with E-state index >= 15 is 0 Å². The molecule has 1 atom stereocenters. The lowest BCUT2D eigenvalue weighted by Crippen LogP contribution is -2.18. The Kier molecular flexibility index (Phi) is 4.03. The second-order valence-corrected chi connectivity index (χ2v) is 6.05. The molecule has 1 N–H and O–H groups in total. The van der Waals surface area contributed by atoms with Gasteiger partial charge in [0.05, 0.1) is 11.7 Å². The van der Waals surface area contributed by atoms with Crippen LogP contribution in [-0.2, 0) is 6.42 Å². The molecule has 4 heteroatoms. The number of hydrogen-bond donors (Lipinski definition) is 1. The van der Waals surface area contributed by atoms with Gasteiger partial charge >= 0.3 is 0 Å². The van der Waals surface area contributed by atoms with E-state index in [0.717, 1.165) is 11.9 Å². The van der Waals surface area contributed by atoms with Gasteiger partial charge in [0.15, 0.2) is 0 Å². The van der Waals surface area contributed by atoms with Crippen LogP contribution in [0.2, 0.25) is 0 Å². The Morgan fingerprint density at radius 1 is 1.20 bits per heavy atom. The van der Waals surface area contributed by atoms with Gasteiger partial charge in [0.25, 0.3) is 0 Å². The number of nitrogens with zero attached hydrogens (tertiary/aromatic N) is 2. The summed E-state index contributed by atoms with van der Waals surface area (Å²) in [6.07, 6.45) is 4.91.